The van der Waals surface area contributed by atoms with E-state index in [-0.39, 0.29) is 23.0 Å². The number of aromatic nitrogens is 2. The molecule has 8 heteroatoms. The van der Waals surface area contributed by atoms with Crippen LogP contribution in [0.1, 0.15) is 10.4 Å². The van der Waals surface area contributed by atoms with Gasteiger partial charge in [-0.3, -0.25) is 0 Å². The van der Waals surface area contributed by atoms with Gasteiger partial charge in [0.15, 0.2) is 0 Å². The number of aromatic carboxylic acids is 1. The highest BCUT2D eigenvalue weighted by atomic mass is 19.3. The van der Waals surface area contributed by atoms with Crippen molar-refractivity contribution < 1.29 is 27.9 Å². The number of carboxylic acid groups (broad SMARTS) is 1. The van der Waals surface area contributed by atoms with Gasteiger partial charge in [0.05, 0.1) is 11.1 Å². The van der Waals surface area contributed by atoms with E-state index in [1.54, 1.807) is 18.2 Å². The molecule has 3 aromatic rings. The fraction of sp³-hybridized carbons (Fsp3) is 0.0625. The van der Waals surface area contributed by atoms with Crippen molar-refractivity contribution in [2.45, 2.75) is 6.61 Å². The molecule has 1 aromatic heterocycles. The lowest BCUT2D eigenvalue weighted by Gasteiger charge is -2.03. The molecular formula is C16H10F2N2O4. The number of ether oxygens (including phenoxy) is 1. The summed E-state index contributed by atoms with van der Waals surface area (Å²) in [5.74, 6) is -0.850. The van der Waals surface area contributed by atoms with Crippen LogP contribution in [-0.4, -0.2) is 27.8 Å². The molecule has 1 N–H and O–H groups in total. The van der Waals surface area contributed by atoms with Crippen LogP contribution >= 0.6 is 0 Å². The van der Waals surface area contributed by atoms with Gasteiger partial charge in [-0.1, -0.05) is 17.3 Å². The lowest BCUT2D eigenvalue weighted by atomic mass is 10.1. The highest BCUT2D eigenvalue weighted by molar-refractivity contribution is 5.94. The number of nitrogens with zero attached hydrogens (tertiary/aromatic N) is 2. The summed E-state index contributed by atoms with van der Waals surface area (Å²) in [6, 6.07) is 11.9. The summed E-state index contributed by atoms with van der Waals surface area (Å²) in [5, 5.41) is 13.0. The smallest absolute Gasteiger partial charge is 0.387 e. The summed E-state index contributed by atoms with van der Waals surface area (Å²) in [6.07, 6.45) is 0. The molecule has 0 saturated heterocycles. The third kappa shape index (κ3) is 3.22. The van der Waals surface area contributed by atoms with Gasteiger partial charge in [-0.2, -0.15) is 13.8 Å². The van der Waals surface area contributed by atoms with Gasteiger partial charge in [-0.05, 0) is 36.4 Å². The molecule has 122 valence electrons. The number of benzene rings is 2. The van der Waals surface area contributed by atoms with Gasteiger partial charge < -0.3 is 14.4 Å². The first-order chi connectivity index (χ1) is 11.5. The number of halogens is 2. The van der Waals surface area contributed by atoms with Crippen molar-refractivity contribution in [3.63, 3.8) is 0 Å². The monoisotopic (exact) mass is 332 g/mol. The molecule has 0 atom stereocenters. The second-order valence-corrected chi connectivity index (χ2v) is 4.68. The zero-order valence-corrected chi connectivity index (χ0v) is 12.0. The Morgan fingerprint density at radius 1 is 1.12 bits per heavy atom. The van der Waals surface area contributed by atoms with Crippen LogP contribution < -0.4 is 4.74 Å². The molecule has 2 aromatic carbocycles. The van der Waals surface area contributed by atoms with Gasteiger partial charge in [-0.15, -0.1) is 0 Å². The van der Waals surface area contributed by atoms with E-state index in [9.17, 15) is 18.7 Å². The van der Waals surface area contributed by atoms with Gasteiger partial charge >= 0.3 is 12.6 Å². The Balaban J connectivity index is 1.90. The maximum atomic E-state index is 12.1. The van der Waals surface area contributed by atoms with E-state index >= 15 is 0 Å². The topological polar surface area (TPSA) is 85.5 Å². The fourth-order valence-electron chi connectivity index (χ4n) is 2.09. The number of alkyl halides is 2. The molecule has 0 aliphatic heterocycles. The van der Waals surface area contributed by atoms with E-state index < -0.39 is 12.6 Å². The second kappa shape index (κ2) is 6.45. The lowest BCUT2D eigenvalue weighted by molar-refractivity contribution is -0.0498. The lowest BCUT2D eigenvalue weighted by Crippen LogP contribution is -2.01. The Labute approximate surface area is 134 Å². The van der Waals surface area contributed by atoms with E-state index in [0.717, 1.165) is 0 Å². The first-order valence-electron chi connectivity index (χ1n) is 6.76. The minimum Gasteiger partial charge on any atom is -0.478 e. The average Bonchev–Trinajstić information content (AvgIpc) is 3.05. The van der Waals surface area contributed by atoms with Crippen molar-refractivity contribution in [1.29, 1.82) is 0 Å². The number of carbonyl (C=O) groups is 1. The summed E-state index contributed by atoms with van der Waals surface area (Å²) < 4.78 is 33.6. The van der Waals surface area contributed by atoms with Crippen LogP contribution in [0.2, 0.25) is 0 Å². The number of rotatable bonds is 5. The molecule has 0 saturated carbocycles. The van der Waals surface area contributed by atoms with Crippen LogP contribution in [0.25, 0.3) is 22.8 Å². The molecule has 0 spiro atoms. The summed E-state index contributed by atoms with van der Waals surface area (Å²) in [6.45, 7) is -2.90. The normalized spacial score (nSPS) is 10.8. The maximum Gasteiger partial charge on any atom is 0.387 e. The van der Waals surface area contributed by atoms with Crippen LogP contribution in [0.3, 0.4) is 0 Å². The van der Waals surface area contributed by atoms with Crippen molar-refractivity contribution in [1.82, 2.24) is 10.1 Å². The first kappa shape index (κ1) is 15.6. The van der Waals surface area contributed by atoms with E-state index in [2.05, 4.69) is 14.9 Å². The third-order valence-electron chi connectivity index (χ3n) is 3.15. The number of hydrogen-bond donors (Lipinski definition) is 1. The predicted molar refractivity (Wildman–Crippen MR) is 78.8 cm³/mol. The minimum atomic E-state index is -2.90. The molecule has 0 amide bonds. The van der Waals surface area contributed by atoms with Crippen molar-refractivity contribution >= 4 is 5.97 Å². The molecule has 0 aliphatic carbocycles. The van der Waals surface area contributed by atoms with Crippen molar-refractivity contribution in [2.75, 3.05) is 0 Å². The summed E-state index contributed by atoms with van der Waals surface area (Å²) in [5.41, 5.74) is 0.842. The maximum absolute atomic E-state index is 12.1. The zero-order chi connectivity index (χ0) is 17.1. The minimum absolute atomic E-state index is 0.00805. The molecule has 3 rings (SSSR count). The molecule has 24 heavy (non-hydrogen) atoms. The Morgan fingerprint density at radius 3 is 2.50 bits per heavy atom. The SMILES string of the molecule is O=C(O)c1ccccc1-c1nc(-c2ccc(OC(F)F)cc2)no1. The van der Waals surface area contributed by atoms with E-state index in [1.807, 2.05) is 0 Å². The van der Waals surface area contributed by atoms with Gasteiger partial charge in [-0.25, -0.2) is 4.79 Å². The number of carboxylic acids is 1. The predicted octanol–water partition coefficient (Wildman–Crippen LogP) is 3.70. The van der Waals surface area contributed by atoms with Crippen LogP contribution in [0.5, 0.6) is 5.75 Å². The Morgan fingerprint density at radius 2 is 1.83 bits per heavy atom. The van der Waals surface area contributed by atoms with Crippen LogP contribution in [0, 0.1) is 0 Å². The first-order valence-corrected chi connectivity index (χ1v) is 6.76. The summed E-state index contributed by atoms with van der Waals surface area (Å²) >= 11 is 0. The fourth-order valence-corrected chi connectivity index (χ4v) is 2.09. The van der Waals surface area contributed by atoms with E-state index in [1.165, 1.54) is 30.3 Å². The van der Waals surface area contributed by atoms with Gasteiger partial charge in [0.2, 0.25) is 5.82 Å². The van der Waals surface area contributed by atoms with Gasteiger partial charge in [0, 0.05) is 5.56 Å². The van der Waals surface area contributed by atoms with Crippen molar-refractivity contribution in [3.05, 3.63) is 54.1 Å². The highest BCUT2D eigenvalue weighted by Gasteiger charge is 2.17. The van der Waals surface area contributed by atoms with Gasteiger partial charge in [0.25, 0.3) is 5.89 Å². The van der Waals surface area contributed by atoms with Crippen LogP contribution in [0.15, 0.2) is 53.1 Å². The Hall–Kier alpha value is -3.29. The number of hydrogen-bond acceptors (Lipinski definition) is 5. The molecule has 0 aliphatic rings. The van der Waals surface area contributed by atoms with Crippen LogP contribution in [-0.2, 0) is 0 Å². The van der Waals surface area contributed by atoms with Crippen molar-refractivity contribution in [2.24, 2.45) is 0 Å². The summed E-state index contributed by atoms with van der Waals surface area (Å²) in [4.78, 5) is 15.4. The van der Waals surface area contributed by atoms with Gasteiger partial charge in [0.1, 0.15) is 5.75 Å². The molecule has 0 bridgehead atoms. The summed E-state index contributed by atoms with van der Waals surface area (Å²) in [7, 11) is 0. The Kier molecular flexibility index (Phi) is 4.19. The van der Waals surface area contributed by atoms with Crippen LogP contribution in [0.4, 0.5) is 8.78 Å². The molecular weight excluding hydrogens is 322 g/mol. The second-order valence-electron chi connectivity index (χ2n) is 4.68. The van der Waals surface area contributed by atoms with E-state index in [0.29, 0.717) is 11.1 Å². The van der Waals surface area contributed by atoms with E-state index in [4.69, 9.17) is 4.52 Å². The largest absolute Gasteiger partial charge is 0.478 e. The molecule has 0 fully saturated rings. The average molecular weight is 332 g/mol. The molecule has 6 nitrogen and oxygen atoms in total. The highest BCUT2D eigenvalue weighted by Crippen LogP contribution is 2.26. The molecule has 0 unspecified atom stereocenters. The van der Waals surface area contributed by atoms with Crippen molar-refractivity contribution in [3.8, 4) is 28.6 Å². The zero-order valence-electron chi connectivity index (χ0n) is 12.0. The quantitative estimate of drug-likeness (QED) is 0.767. The molecule has 0 radical (unpaired) electrons. The third-order valence-corrected chi connectivity index (χ3v) is 3.15. The standard InChI is InChI=1S/C16H10F2N2O4/c17-16(18)23-10-7-5-9(6-8-10)13-19-14(24-20-13)11-3-1-2-4-12(11)15(21)22/h1-8,16H,(H,21,22). The Bertz CT molecular complexity index is 863. The molecule has 1 heterocycles.